The number of fused-ring (bicyclic) bond motifs is 8. The molecular formula is C116H92BClI2N9O2-. The van der Waals surface area contributed by atoms with Crippen molar-refractivity contribution in [3.8, 4) is 146 Å². The Morgan fingerprint density at radius 1 is 0.275 bits per heavy atom. The fourth-order valence-electron chi connectivity index (χ4n) is 24.9. The zero-order valence-corrected chi connectivity index (χ0v) is 77.2. The number of rotatable bonds is 12. The molecule has 0 saturated heterocycles. The number of nitrogens with two attached hydrogens (primary N) is 1. The topological polar surface area (TPSA) is 170 Å². The molecule has 0 aliphatic heterocycles. The summed E-state index contributed by atoms with van der Waals surface area (Å²) in [7, 11) is -1.41. The molecule has 18 aromatic rings. The van der Waals surface area contributed by atoms with Crippen molar-refractivity contribution in [1.29, 1.82) is 0 Å². The summed E-state index contributed by atoms with van der Waals surface area (Å²) in [5.74, 6) is 10.0. The molecule has 638 valence electrons. The monoisotopic (exact) mass is 1940 g/mol. The Morgan fingerprint density at radius 3 is 0.977 bits per heavy atom. The predicted octanol–water partition coefficient (Wildman–Crippen LogP) is 23.9. The number of nitrogens with zero attached hydrogens (tertiary/aromatic N) is 8. The van der Waals surface area contributed by atoms with Crippen LogP contribution in [-0.4, -0.2) is 57.0 Å². The van der Waals surface area contributed by atoms with Gasteiger partial charge in [-0.1, -0.05) is 285 Å². The van der Waals surface area contributed by atoms with Gasteiger partial charge in [-0.3, -0.25) is 9.97 Å². The SMILES string of the molecule is Clc1cc(-c2nc(-c3ccccc3)nc(-c3ccccc3)n2)cc(-c2ccnc3ccccc23)c1.N[I-]I.OB(O)c1ccc2c(c1)C1(c3ccc(-c4ccccc4)cc3-2)C2CC3CC(C2)CC1C3.c1ccc(-c2ccc3c(c2)-c2ccc(-c4cc(-c5nc(-c6ccccc6)nc(-c6ccccc6)n5)cc(-c5ccnc6ccccc56)c4)cc2C32C3CC4CC(C3)CC2C4)cc1. The molecule has 10 aliphatic rings. The van der Waals surface area contributed by atoms with Crippen LogP contribution in [0.2, 0.25) is 5.02 Å². The zero-order valence-electron chi connectivity index (χ0n) is 72.1. The molecule has 2 spiro atoms. The van der Waals surface area contributed by atoms with E-state index in [1.807, 2.05) is 152 Å². The Bertz CT molecular complexity index is 7200. The van der Waals surface area contributed by atoms with Crippen LogP contribution in [0.1, 0.15) is 86.5 Å². The van der Waals surface area contributed by atoms with Gasteiger partial charge in [0.15, 0.2) is 34.9 Å². The molecule has 8 fully saturated rings. The predicted molar refractivity (Wildman–Crippen MR) is 536 cm³/mol. The van der Waals surface area contributed by atoms with Crippen LogP contribution in [0.4, 0.5) is 0 Å². The summed E-state index contributed by atoms with van der Waals surface area (Å²) < 4.78 is 4.94. The molecule has 4 N–H and O–H groups in total. The molecular weight excluding hydrogens is 1850 g/mol. The van der Waals surface area contributed by atoms with Crippen LogP contribution < -0.4 is 26.9 Å². The minimum absolute atomic E-state index is 0.0361. The third-order valence-electron chi connectivity index (χ3n) is 29.8. The van der Waals surface area contributed by atoms with Crippen molar-refractivity contribution in [3.05, 3.63) is 392 Å². The number of hydrogen-bond acceptors (Lipinski definition) is 11. The summed E-state index contributed by atoms with van der Waals surface area (Å²) in [5.41, 5.74) is 31.4. The maximum Gasteiger partial charge on any atom is 0.488 e. The Kier molecular flexibility index (Phi) is 22.2. The number of para-hydroxylation sites is 2. The van der Waals surface area contributed by atoms with Gasteiger partial charge in [0.05, 0.1) is 11.0 Å². The van der Waals surface area contributed by atoms with Crippen molar-refractivity contribution in [2.45, 2.75) is 75.0 Å². The summed E-state index contributed by atoms with van der Waals surface area (Å²) in [6.45, 7) is 0. The minimum Gasteiger partial charge on any atom is -0.423 e. The van der Waals surface area contributed by atoms with Crippen molar-refractivity contribution < 1.29 is 27.6 Å². The molecule has 4 aromatic heterocycles. The Hall–Kier alpha value is -12.4. The fourth-order valence-corrected chi connectivity index (χ4v) is 25.1. The van der Waals surface area contributed by atoms with Crippen LogP contribution in [0.5, 0.6) is 0 Å². The molecule has 131 heavy (non-hydrogen) atoms. The van der Waals surface area contributed by atoms with Crippen molar-refractivity contribution >= 4 is 64.6 Å². The van der Waals surface area contributed by atoms with E-state index in [0.29, 0.717) is 69.1 Å². The molecule has 11 nitrogen and oxygen atoms in total. The first kappa shape index (κ1) is 83.0. The van der Waals surface area contributed by atoms with E-state index in [9.17, 15) is 10.0 Å². The van der Waals surface area contributed by atoms with Gasteiger partial charge < -0.3 is 10.0 Å². The van der Waals surface area contributed by atoms with E-state index in [0.717, 1.165) is 107 Å². The first-order chi connectivity index (χ1) is 64.4. The largest absolute Gasteiger partial charge is 0.488 e. The van der Waals surface area contributed by atoms with Gasteiger partial charge in [0, 0.05) is 72.4 Å². The summed E-state index contributed by atoms with van der Waals surface area (Å²) in [6.07, 6.45) is 17.3. The van der Waals surface area contributed by atoms with Crippen LogP contribution in [0.3, 0.4) is 0 Å². The molecule has 0 atom stereocenters. The average molecular weight is 1940 g/mol. The number of pyridine rings is 2. The van der Waals surface area contributed by atoms with Crippen LogP contribution in [0, 0.1) is 47.3 Å². The molecule has 0 radical (unpaired) electrons. The molecule has 14 aromatic carbocycles. The number of aromatic nitrogens is 8. The number of hydrogen-bond donors (Lipinski definition) is 3. The first-order valence-corrected chi connectivity index (χ1v) is 53.8. The van der Waals surface area contributed by atoms with E-state index in [1.165, 1.54) is 125 Å². The van der Waals surface area contributed by atoms with Crippen molar-refractivity contribution in [2.75, 3.05) is 0 Å². The Morgan fingerprint density at radius 2 is 0.580 bits per heavy atom. The standard InChI is InChI=1S/C58H44N4.C30H19ClN4.C28H27BO2.H2I2N/c1-4-12-38(13-5-1)41-21-23-52-51(34-41)49-22-20-42(35-53(49)58(52)46-27-36-26-37(29-46)30-47(58)28-36)43-31-44(48-24-25-59-54-19-11-10-18-50(48)54)33-45(32-43)57-61-55(39-14-6-2-7-15-39)60-56(62-57)40-16-8-3-9-17-40;31-24-18-22(25-15-16-32-27-14-8-7-13-26(25)27)17-23(19-24)30-34-28(20-9-3-1-4-10-20)33-29(35-30)21-11-5-2-6-12-21;30-29(31)23-7-8-24-25-15-20(19-4-2-1-3-5-19)6-9-26(25)28(27(24)16-23)21-11-17-10-18(13-21)14-22(28)12-17;1-2-3/h1-25,31-37,46-47H,26-30H2;1-19H;1-9,15-18,21-22,30-31H,10-14H2;3H2/q;;;-1. The Balaban J connectivity index is 0.000000120. The van der Waals surface area contributed by atoms with Gasteiger partial charge in [-0.05, 0) is 296 Å². The van der Waals surface area contributed by atoms with Gasteiger partial charge in [-0.15, -0.1) is 0 Å². The summed E-state index contributed by atoms with van der Waals surface area (Å²) in [4.78, 5) is 39.2. The normalized spacial score (nSPS) is 20.8. The van der Waals surface area contributed by atoms with E-state index in [1.54, 1.807) is 11.1 Å². The van der Waals surface area contributed by atoms with Gasteiger partial charge >= 0.3 is 47.2 Å². The summed E-state index contributed by atoms with van der Waals surface area (Å²) in [6, 6.07) is 124. The van der Waals surface area contributed by atoms with Crippen molar-refractivity contribution in [1.82, 2.24) is 39.9 Å². The average Bonchev–Trinajstić information content (AvgIpc) is 1.54. The molecule has 0 unspecified atom stereocenters. The second-order valence-electron chi connectivity index (χ2n) is 37.0. The Labute approximate surface area is 789 Å². The van der Waals surface area contributed by atoms with E-state index in [-0.39, 0.29) is 28.3 Å². The van der Waals surface area contributed by atoms with Gasteiger partial charge in [-0.25, -0.2) is 29.9 Å². The third kappa shape index (κ3) is 15.2. The molecule has 4 heterocycles. The zero-order chi connectivity index (χ0) is 87.8. The maximum absolute atomic E-state index is 9.96. The van der Waals surface area contributed by atoms with E-state index in [4.69, 9.17) is 50.4 Å². The minimum atomic E-state index is -1.41. The molecule has 8 saturated carbocycles. The van der Waals surface area contributed by atoms with Crippen LogP contribution in [-0.2, 0) is 10.8 Å². The van der Waals surface area contributed by atoms with Crippen molar-refractivity contribution in [3.63, 3.8) is 0 Å². The van der Waals surface area contributed by atoms with Gasteiger partial charge in [-0.2, -0.15) is 0 Å². The smallest absolute Gasteiger partial charge is 0.423 e. The van der Waals surface area contributed by atoms with E-state index < -0.39 is 7.12 Å². The van der Waals surface area contributed by atoms with Gasteiger partial charge in [0.25, 0.3) is 0 Å². The number of halogens is 3. The molecule has 0 amide bonds. The second kappa shape index (κ2) is 35.1. The fraction of sp³-hybridized carbons (Fsp3) is 0.172. The third-order valence-corrected chi connectivity index (χ3v) is 30.0. The summed E-state index contributed by atoms with van der Waals surface area (Å²) in [5, 5.41) is 22.7. The van der Waals surface area contributed by atoms with E-state index >= 15 is 0 Å². The molecule has 15 heteroatoms. The second-order valence-corrected chi connectivity index (χ2v) is 41.0. The molecule has 8 bridgehead atoms. The van der Waals surface area contributed by atoms with E-state index in [2.05, 4.69) is 236 Å². The van der Waals surface area contributed by atoms with Crippen LogP contribution in [0.25, 0.3) is 168 Å². The number of benzene rings is 14. The van der Waals surface area contributed by atoms with Crippen molar-refractivity contribution in [2.24, 2.45) is 51.3 Å². The van der Waals surface area contributed by atoms with Gasteiger partial charge in [0.2, 0.25) is 0 Å². The molecule has 28 rings (SSSR count). The maximum atomic E-state index is 9.96. The summed E-state index contributed by atoms with van der Waals surface area (Å²) >= 11 is 8.86. The molecule has 10 aliphatic carbocycles. The van der Waals surface area contributed by atoms with Crippen LogP contribution in [0.15, 0.2) is 364 Å². The van der Waals surface area contributed by atoms with Gasteiger partial charge in [0.1, 0.15) is 0 Å². The first-order valence-electron chi connectivity index (χ1n) is 45.9. The van der Waals surface area contributed by atoms with Crippen LogP contribution >= 0.6 is 30.2 Å². The quantitative estimate of drug-likeness (QED) is 0.0604.